The number of rotatable bonds is 3. The molecule has 0 aliphatic carbocycles. The van der Waals surface area contributed by atoms with Gasteiger partial charge in [-0.2, -0.15) is 4.98 Å². The first-order chi connectivity index (χ1) is 8.17. The van der Waals surface area contributed by atoms with Crippen LogP contribution < -0.4 is 15.2 Å². The van der Waals surface area contributed by atoms with Crippen LogP contribution in [0.15, 0.2) is 22.8 Å². The van der Waals surface area contributed by atoms with E-state index >= 15 is 0 Å². The molecular weight excluding hydrogens is 220 g/mol. The number of benzene rings is 1. The van der Waals surface area contributed by atoms with Gasteiger partial charge in [0.1, 0.15) is 23.5 Å². The van der Waals surface area contributed by atoms with Crippen molar-refractivity contribution in [2.75, 3.05) is 20.0 Å². The fraction of sp³-hybridized carbons (Fsp3) is 0.250. The maximum Gasteiger partial charge on any atom is 0.292 e. The normalized spacial score (nSPS) is 10.3. The number of nitrogen functional groups attached to an aromatic ring is 1. The highest BCUT2D eigenvalue weighted by Crippen LogP contribution is 2.37. The number of ether oxygens (including phenoxy) is 2. The summed E-state index contributed by atoms with van der Waals surface area (Å²) < 4.78 is 15.6. The molecule has 1 heterocycles. The monoisotopic (exact) mass is 234 g/mol. The smallest absolute Gasteiger partial charge is 0.292 e. The van der Waals surface area contributed by atoms with Gasteiger partial charge < -0.3 is 19.6 Å². The fourth-order valence-corrected chi connectivity index (χ4v) is 1.77. The summed E-state index contributed by atoms with van der Waals surface area (Å²) in [4.78, 5) is 4.08. The van der Waals surface area contributed by atoms with Crippen molar-refractivity contribution in [2.45, 2.75) is 6.92 Å². The third-order valence-electron chi connectivity index (χ3n) is 2.58. The third kappa shape index (κ3) is 1.91. The van der Waals surface area contributed by atoms with E-state index < -0.39 is 0 Å². The van der Waals surface area contributed by atoms with Gasteiger partial charge in [0.2, 0.25) is 0 Å². The summed E-state index contributed by atoms with van der Waals surface area (Å²) in [5, 5.41) is 0. The summed E-state index contributed by atoms with van der Waals surface area (Å²) in [6.45, 7) is 1.92. The Morgan fingerprint density at radius 1 is 1.24 bits per heavy atom. The van der Waals surface area contributed by atoms with Crippen molar-refractivity contribution < 1.29 is 13.9 Å². The average molecular weight is 234 g/mol. The minimum atomic E-state index is 0.135. The van der Waals surface area contributed by atoms with Gasteiger partial charge in [0.05, 0.1) is 14.2 Å². The number of anilines is 1. The molecule has 0 aliphatic heterocycles. The zero-order valence-electron chi connectivity index (χ0n) is 9.98. The highest BCUT2D eigenvalue weighted by Gasteiger charge is 2.15. The molecule has 0 unspecified atom stereocenters. The van der Waals surface area contributed by atoms with Crippen molar-refractivity contribution in [3.05, 3.63) is 24.0 Å². The number of nitrogens with zero attached hydrogens (tertiary/aromatic N) is 1. The molecule has 0 bridgehead atoms. The molecule has 90 valence electrons. The van der Waals surface area contributed by atoms with Gasteiger partial charge in [0.15, 0.2) is 0 Å². The second-order valence-corrected chi connectivity index (χ2v) is 3.54. The van der Waals surface area contributed by atoms with Gasteiger partial charge in [-0.3, -0.25) is 0 Å². The van der Waals surface area contributed by atoms with E-state index in [1.807, 2.05) is 19.1 Å². The second-order valence-electron chi connectivity index (χ2n) is 3.54. The van der Waals surface area contributed by atoms with Crippen LogP contribution in [0.1, 0.15) is 5.56 Å². The van der Waals surface area contributed by atoms with Crippen LogP contribution in [0.5, 0.6) is 11.5 Å². The summed E-state index contributed by atoms with van der Waals surface area (Å²) in [6.07, 6.45) is 1.50. The van der Waals surface area contributed by atoms with E-state index in [1.54, 1.807) is 14.2 Å². The fourth-order valence-electron chi connectivity index (χ4n) is 1.77. The topological polar surface area (TPSA) is 70.5 Å². The molecule has 17 heavy (non-hydrogen) atoms. The molecular formula is C12H14N2O3. The lowest BCUT2D eigenvalue weighted by Crippen LogP contribution is -1.95. The van der Waals surface area contributed by atoms with Gasteiger partial charge in [-0.15, -0.1) is 0 Å². The minimum Gasteiger partial charge on any atom is -0.496 e. The summed E-state index contributed by atoms with van der Waals surface area (Å²) in [5.41, 5.74) is 7.84. The average Bonchev–Trinajstić information content (AvgIpc) is 2.75. The lowest BCUT2D eigenvalue weighted by molar-refractivity contribution is 0.390. The molecule has 0 radical (unpaired) electrons. The quantitative estimate of drug-likeness (QED) is 0.881. The Labute approximate surface area is 99.2 Å². The number of hydrogen-bond acceptors (Lipinski definition) is 5. The van der Waals surface area contributed by atoms with Crippen LogP contribution in [0.2, 0.25) is 0 Å². The molecule has 5 nitrogen and oxygen atoms in total. The van der Waals surface area contributed by atoms with Crippen LogP contribution in [0.4, 0.5) is 6.01 Å². The molecule has 0 saturated carbocycles. The molecule has 2 rings (SSSR count). The maximum atomic E-state index is 5.46. The number of aromatic nitrogens is 1. The van der Waals surface area contributed by atoms with E-state index in [4.69, 9.17) is 19.6 Å². The van der Waals surface area contributed by atoms with Crippen LogP contribution in [0.25, 0.3) is 11.3 Å². The summed E-state index contributed by atoms with van der Waals surface area (Å²) in [7, 11) is 3.23. The van der Waals surface area contributed by atoms with E-state index in [0.717, 1.165) is 16.9 Å². The molecule has 1 aromatic heterocycles. The molecule has 0 saturated heterocycles. The van der Waals surface area contributed by atoms with E-state index in [2.05, 4.69) is 4.98 Å². The van der Waals surface area contributed by atoms with Crippen LogP contribution in [0, 0.1) is 6.92 Å². The van der Waals surface area contributed by atoms with Gasteiger partial charge in [0, 0.05) is 11.1 Å². The lowest BCUT2D eigenvalue weighted by atomic mass is 10.1. The first-order valence-electron chi connectivity index (χ1n) is 5.10. The Morgan fingerprint density at radius 2 is 2.00 bits per heavy atom. The van der Waals surface area contributed by atoms with E-state index in [-0.39, 0.29) is 6.01 Å². The first-order valence-corrected chi connectivity index (χ1v) is 5.10. The van der Waals surface area contributed by atoms with Crippen LogP contribution in [-0.2, 0) is 0 Å². The SMILES string of the molecule is COc1ccc(-c2coc(N)n2)c(OC)c1C. The molecule has 0 amide bonds. The Bertz CT molecular complexity index is 535. The first kappa shape index (κ1) is 11.3. The van der Waals surface area contributed by atoms with E-state index in [1.165, 1.54) is 6.26 Å². The van der Waals surface area contributed by atoms with Crippen LogP contribution >= 0.6 is 0 Å². The zero-order chi connectivity index (χ0) is 12.4. The standard InChI is InChI=1S/C12H14N2O3/c1-7-10(15-2)5-4-8(11(7)16-3)9-6-17-12(13)14-9/h4-6H,1-3H3,(H2,13,14). The second kappa shape index (κ2) is 4.37. The number of nitrogens with two attached hydrogens (primary N) is 1. The lowest BCUT2D eigenvalue weighted by Gasteiger charge is -2.12. The van der Waals surface area contributed by atoms with Gasteiger partial charge in [0.25, 0.3) is 6.01 Å². The predicted molar refractivity (Wildman–Crippen MR) is 64.2 cm³/mol. The molecule has 0 aliphatic rings. The van der Waals surface area contributed by atoms with Gasteiger partial charge in [-0.05, 0) is 19.1 Å². The van der Waals surface area contributed by atoms with Gasteiger partial charge in [-0.1, -0.05) is 0 Å². The Balaban J connectivity index is 2.58. The van der Waals surface area contributed by atoms with Crippen molar-refractivity contribution in [1.82, 2.24) is 4.98 Å². The minimum absolute atomic E-state index is 0.135. The maximum absolute atomic E-state index is 5.46. The van der Waals surface area contributed by atoms with E-state index in [0.29, 0.717) is 11.4 Å². The summed E-state index contributed by atoms with van der Waals surface area (Å²) >= 11 is 0. The number of methoxy groups -OCH3 is 2. The number of oxazole rings is 1. The molecule has 2 N–H and O–H groups in total. The molecule has 0 fully saturated rings. The van der Waals surface area contributed by atoms with Gasteiger partial charge >= 0.3 is 0 Å². The summed E-state index contributed by atoms with van der Waals surface area (Å²) in [6, 6.07) is 3.86. The van der Waals surface area contributed by atoms with E-state index in [9.17, 15) is 0 Å². The molecule has 0 atom stereocenters. The van der Waals surface area contributed by atoms with Gasteiger partial charge in [-0.25, -0.2) is 0 Å². The molecule has 2 aromatic rings. The Hall–Kier alpha value is -2.17. The Kier molecular flexibility index (Phi) is 2.91. The zero-order valence-corrected chi connectivity index (χ0v) is 9.98. The van der Waals surface area contributed by atoms with Crippen molar-refractivity contribution in [1.29, 1.82) is 0 Å². The van der Waals surface area contributed by atoms with Crippen LogP contribution in [-0.4, -0.2) is 19.2 Å². The van der Waals surface area contributed by atoms with Crippen molar-refractivity contribution in [3.8, 4) is 22.8 Å². The Morgan fingerprint density at radius 3 is 2.53 bits per heavy atom. The summed E-state index contributed by atoms with van der Waals surface area (Å²) in [5.74, 6) is 1.47. The van der Waals surface area contributed by atoms with Crippen LogP contribution in [0.3, 0.4) is 0 Å². The third-order valence-corrected chi connectivity index (χ3v) is 2.58. The molecule has 1 aromatic carbocycles. The largest absolute Gasteiger partial charge is 0.496 e. The van der Waals surface area contributed by atoms with Crippen molar-refractivity contribution >= 4 is 6.01 Å². The highest BCUT2D eigenvalue weighted by atomic mass is 16.5. The van der Waals surface area contributed by atoms with Crippen molar-refractivity contribution in [2.24, 2.45) is 0 Å². The molecule has 0 spiro atoms. The number of hydrogen-bond donors (Lipinski definition) is 1. The van der Waals surface area contributed by atoms with Crippen molar-refractivity contribution in [3.63, 3.8) is 0 Å². The predicted octanol–water partition coefficient (Wildman–Crippen LogP) is 2.25. The molecule has 5 heteroatoms. The highest BCUT2D eigenvalue weighted by molar-refractivity contribution is 5.71.